The van der Waals surface area contributed by atoms with Crippen molar-refractivity contribution in [3.05, 3.63) is 45.9 Å². The Hall–Kier alpha value is -1.88. The zero-order chi connectivity index (χ0) is 14.0. The number of nitrogens with zero attached hydrogens (tertiary/aromatic N) is 2. The Bertz CT molecular complexity index is 581. The maximum atomic E-state index is 11.3. The van der Waals surface area contributed by atoms with Gasteiger partial charge in [0.2, 0.25) is 0 Å². The van der Waals surface area contributed by atoms with Gasteiger partial charge >= 0.3 is 5.97 Å². The molecule has 100 valence electrons. The number of carbonyl (C=O) groups is 1. The van der Waals surface area contributed by atoms with Gasteiger partial charge in [0.1, 0.15) is 5.56 Å². The second-order valence-corrected chi connectivity index (χ2v) is 5.43. The summed E-state index contributed by atoms with van der Waals surface area (Å²) in [6.45, 7) is 3.92. The minimum absolute atomic E-state index is 0.125. The van der Waals surface area contributed by atoms with Crippen molar-refractivity contribution in [2.45, 2.75) is 19.9 Å². The number of rotatable bonds is 4. The Balaban J connectivity index is 2.40. The van der Waals surface area contributed by atoms with E-state index >= 15 is 0 Å². The zero-order valence-corrected chi connectivity index (χ0v) is 11.9. The SMILES string of the molecule is Cc1cc(N(C)C(C)c2cccs2)c(C(=O)O)cn1. The number of thiophene rings is 1. The predicted molar refractivity (Wildman–Crippen MR) is 77.1 cm³/mol. The van der Waals surface area contributed by atoms with Crippen molar-refractivity contribution in [1.29, 1.82) is 0 Å². The van der Waals surface area contributed by atoms with Crippen LogP contribution in [-0.4, -0.2) is 23.1 Å². The van der Waals surface area contributed by atoms with Crippen LogP contribution in [0, 0.1) is 6.92 Å². The van der Waals surface area contributed by atoms with Crippen LogP contribution in [0.4, 0.5) is 5.69 Å². The van der Waals surface area contributed by atoms with Gasteiger partial charge in [-0.05, 0) is 31.4 Å². The predicted octanol–water partition coefficient (Wildman–Crippen LogP) is 3.35. The molecule has 19 heavy (non-hydrogen) atoms. The maximum Gasteiger partial charge on any atom is 0.339 e. The minimum Gasteiger partial charge on any atom is -0.478 e. The Morgan fingerprint density at radius 1 is 1.53 bits per heavy atom. The van der Waals surface area contributed by atoms with Crippen molar-refractivity contribution in [1.82, 2.24) is 4.98 Å². The molecule has 2 rings (SSSR count). The average molecular weight is 276 g/mol. The van der Waals surface area contributed by atoms with Crippen LogP contribution in [-0.2, 0) is 0 Å². The van der Waals surface area contributed by atoms with Gasteiger partial charge in [-0.3, -0.25) is 4.98 Å². The van der Waals surface area contributed by atoms with Gasteiger partial charge in [-0.2, -0.15) is 0 Å². The van der Waals surface area contributed by atoms with Gasteiger partial charge in [0.05, 0.1) is 11.7 Å². The topological polar surface area (TPSA) is 53.4 Å². The number of aromatic nitrogens is 1. The molecule has 1 N–H and O–H groups in total. The third-order valence-electron chi connectivity index (χ3n) is 3.17. The molecule has 0 spiro atoms. The molecular weight excluding hydrogens is 260 g/mol. The lowest BCUT2D eigenvalue weighted by Gasteiger charge is -2.27. The highest BCUT2D eigenvalue weighted by Crippen LogP contribution is 2.30. The first kappa shape index (κ1) is 13.5. The molecule has 2 aromatic rings. The number of hydrogen-bond donors (Lipinski definition) is 1. The third-order valence-corrected chi connectivity index (χ3v) is 4.21. The number of pyridine rings is 1. The minimum atomic E-state index is -0.951. The summed E-state index contributed by atoms with van der Waals surface area (Å²) in [5.74, 6) is -0.951. The summed E-state index contributed by atoms with van der Waals surface area (Å²) >= 11 is 1.67. The standard InChI is InChI=1S/C14H16N2O2S/c1-9-7-12(11(8-15-9)14(17)18)16(3)10(2)13-5-4-6-19-13/h4-8,10H,1-3H3,(H,17,18). The first-order valence-electron chi connectivity index (χ1n) is 5.97. The summed E-state index contributed by atoms with van der Waals surface area (Å²) in [6, 6.07) is 5.99. The molecule has 0 bridgehead atoms. The summed E-state index contributed by atoms with van der Waals surface area (Å²) in [4.78, 5) is 18.5. The van der Waals surface area contributed by atoms with Gasteiger partial charge in [0, 0.05) is 23.8 Å². The van der Waals surface area contributed by atoms with Gasteiger partial charge in [0.25, 0.3) is 0 Å². The quantitative estimate of drug-likeness (QED) is 0.930. The van der Waals surface area contributed by atoms with Crippen LogP contribution in [0.25, 0.3) is 0 Å². The fourth-order valence-corrected chi connectivity index (χ4v) is 2.76. The lowest BCUT2D eigenvalue weighted by Crippen LogP contribution is -2.23. The number of carboxylic acid groups (broad SMARTS) is 1. The second kappa shape index (κ2) is 5.40. The van der Waals surface area contributed by atoms with Crippen LogP contribution >= 0.6 is 11.3 Å². The number of aryl methyl sites for hydroxylation is 1. The maximum absolute atomic E-state index is 11.3. The molecule has 0 saturated heterocycles. The van der Waals surface area contributed by atoms with E-state index in [0.717, 1.165) is 5.69 Å². The summed E-state index contributed by atoms with van der Waals surface area (Å²) in [6.07, 6.45) is 1.42. The van der Waals surface area contributed by atoms with Crippen LogP contribution in [0.5, 0.6) is 0 Å². The van der Waals surface area contributed by atoms with Crippen molar-refractivity contribution in [2.24, 2.45) is 0 Å². The van der Waals surface area contributed by atoms with Crippen LogP contribution in [0.15, 0.2) is 29.8 Å². The van der Waals surface area contributed by atoms with Crippen molar-refractivity contribution in [3.8, 4) is 0 Å². The Morgan fingerprint density at radius 2 is 2.26 bits per heavy atom. The average Bonchev–Trinajstić information content (AvgIpc) is 2.90. The molecule has 1 unspecified atom stereocenters. The van der Waals surface area contributed by atoms with Crippen LogP contribution in [0.3, 0.4) is 0 Å². The van der Waals surface area contributed by atoms with E-state index in [4.69, 9.17) is 0 Å². The lowest BCUT2D eigenvalue weighted by atomic mass is 10.1. The molecule has 2 heterocycles. The summed E-state index contributed by atoms with van der Waals surface area (Å²) in [5.41, 5.74) is 1.74. The molecular formula is C14H16N2O2S. The third kappa shape index (κ3) is 2.76. The molecule has 0 aromatic carbocycles. The van der Waals surface area contributed by atoms with E-state index < -0.39 is 5.97 Å². The largest absolute Gasteiger partial charge is 0.478 e. The van der Waals surface area contributed by atoms with Gasteiger partial charge < -0.3 is 10.0 Å². The molecule has 0 saturated carbocycles. The highest BCUT2D eigenvalue weighted by molar-refractivity contribution is 7.10. The fourth-order valence-electron chi connectivity index (χ4n) is 1.93. The number of carboxylic acids is 1. The van der Waals surface area contributed by atoms with Crippen molar-refractivity contribution in [3.63, 3.8) is 0 Å². The van der Waals surface area contributed by atoms with Crippen LogP contribution < -0.4 is 4.90 Å². The molecule has 0 aliphatic carbocycles. The molecule has 0 aliphatic heterocycles. The highest BCUT2D eigenvalue weighted by Gasteiger charge is 2.19. The molecule has 0 amide bonds. The van der Waals surface area contributed by atoms with Gasteiger partial charge in [0.15, 0.2) is 0 Å². The zero-order valence-electron chi connectivity index (χ0n) is 11.1. The van der Waals surface area contributed by atoms with E-state index in [1.54, 1.807) is 11.3 Å². The van der Waals surface area contributed by atoms with E-state index in [2.05, 4.69) is 18.0 Å². The van der Waals surface area contributed by atoms with Crippen molar-refractivity contribution >= 4 is 23.0 Å². The van der Waals surface area contributed by atoms with E-state index in [0.29, 0.717) is 5.69 Å². The van der Waals surface area contributed by atoms with Gasteiger partial charge in [-0.25, -0.2) is 4.79 Å². The van der Waals surface area contributed by atoms with E-state index in [9.17, 15) is 9.90 Å². The van der Waals surface area contributed by atoms with Gasteiger partial charge in [-0.1, -0.05) is 6.07 Å². The number of aromatic carboxylic acids is 1. The molecule has 0 fully saturated rings. The fraction of sp³-hybridized carbons (Fsp3) is 0.286. The normalized spacial score (nSPS) is 12.2. The van der Waals surface area contributed by atoms with Crippen LogP contribution in [0.2, 0.25) is 0 Å². The molecule has 4 nitrogen and oxygen atoms in total. The van der Waals surface area contributed by atoms with E-state index in [1.807, 2.05) is 36.4 Å². The molecule has 5 heteroatoms. The molecule has 1 atom stereocenters. The Morgan fingerprint density at radius 3 is 2.84 bits per heavy atom. The van der Waals surface area contributed by atoms with Gasteiger partial charge in [-0.15, -0.1) is 11.3 Å². The Kier molecular flexibility index (Phi) is 3.85. The highest BCUT2D eigenvalue weighted by atomic mass is 32.1. The first-order valence-corrected chi connectivity index (χ1v) is 6.85. The first-order chi connectivity index (χ1) is 9.00. The summed E-state index contributed by atoms with van der Waals surface area (Å²) < 4.78 is 0. The molecule has 0 aliphatic rings. The summed E-state index contributed by atoms with van der Waals surface area (Å²) in [5, 5.41) is 11.3. The summed E-state index contributed by atoms with van der Waals surface area (Å²) in [7, 11) is 1.91. The number of hydrogen-bond acceptors (Lipinski definition) is 4. The van der Waals surface area contributed by atoms with E-state index in [-0.39, 0.29) is 11.6 Å². The Labute approximate surface area is 116 Å². The monoisotopic (exact) mass is 276 g/mol. The second-order valence-electron chi connectivity index (χ2n) is 4.45. The smallest absolute Gasteiger partial charge is 0.339 e. The van der Waals surface area contributed by atoms with Crippen LogP contribution in [0.1, 0.15) is 33.9 Å². The molecule has 0 radical (unpaired) electrons. The molecule has 2 aromatic heterocycles. The van der Waals surface area contributed by atoms with Crippen molar-refractivity contribution < 1.29 is 9.90 Å². The van der Waals surface area contributed by atoms with E-state index in [1.165, 1.54) is 11.1 Å². The lowest BCUT2D eigenvalue weighted by molar-refractivity contribution is 0.0697. The number of anilines is 1. The van der Waals surface area contributed by atoms with Crippen molar-refractivity contribution in [2.75, 3.05) is 11.9 Å².